The molecule has 1 atom stereocenters. The lowest BCUT2D eigenvalue weighted by atomic mass is 10.1. The van der Waals surface area contributed by atoms with Crippen LogP contribution in [0.5, 0.6) is 0 Å². The Labute approximate surface area is 186 Å². The topological polar surface area (TPSA) is 136 Å². The number of esters is 2. The molecular weight excluding hydrogens is 402 g/mol. The number of carbonyl (C=O) groups excluding carboxylic acids is 3. The third-order valence-electron chi connectivity index (χ3n) is 4.23. The number of ether oxygens (including phenoxy) is 2. The summed E-state index contributed by atoms with van der Waals surface area (Å²) >= 11 is 0. The third kappa shape index (κ3) is 24.0. The molecule has 0 heterocycles. The predicted molar refractivity (Wildman–Crippen MR) is 120 cm³/mol. The van der Waals surface area contributed by atoms with E-state index in [-0.39, 0.29) is 18.6 Å². The molecule has 180 valence electrons. The Hall–Kier alpha value is -2.19. The molecular formula is C23H41NO7. The summed E-state index contributed by atoms with van der Waals surface area (Å²) in [5, 5.41) is 17.7. The normalized spacial score (nSPS) is 10.9. The summed E-state index contributed by atoms with van der Waals surface area (Å²) in [4.78, 5) is 32.6. The Kier molecular flexibility index (Phi) is 22.5. The summed E-state index contributed by atoms with van der Waals surface area (Å²) in [6.07, 6.45) is 11.7. The number of hydrogen-bond acceptors (Lipinski definition) is 7. The lowest BCUT2D eigenvalue weighted by molar-refractivity contribution is -0.149. The van der Waals surface area contributed by atoms with Crippen LogP contribution in [0.2, 0.25) is 0 Å². The van der Waals surface area contributed by atoms with Crippen LogP contribution >= 0.6 is 0 Å². The zero-order chi connectivity index (χ0) is 23.9. The van der Waals surface area contributed by atoms with Crippen LogP contribution in [0.4, 0.5) is 0 Å². The van der Waals surface area contributed by atoms with Gasteiger partial charge in [0.15, 0.2) is 0 Å². The number of primary amides is 1. The van der Waals surface area contributed by atoms with Crippen molar-refractivity contribution in [2.45, 2.75) is 83.7 Å². The van der Waals surface area contributed by atoms with Crippen molar-refractivity contribution in [1.29, 1.82) is 0 Å². The summed E-state index contributed by atoms with van der Waals surface area (Å²) in [7, 11) is 0. The fourth-order valence-electron chi connectivity index (χ4n) is 2.40. The van der Waals surface area contributed by atoms with Crippen molar-refractivity contribution in [2.24, 2.45) is 5.73 Å². The Morgan fingerprint density at radius 1 is 0.968 bits per heavy atom. The van der Waals surface area contributed by atoms with E-state index in [9.17, 15) is 14.4 Å². The fraction of sp³-hybridized carbons (Fsp3) is 0.696. The molecule has 0 radical (unpaired) electrons. The minimum absolute atomic E-state index is 0.0283. The van der Waals surface area contributed by atoms with E-state index in [1.54, 1.807) is 0 Å². The van der Waals surface area contributed by atoms with Gasteiger partial charge in [0.25, 0.3) is 0 Å². The Morgan fingerprint density at radius 3 is 1.90 bits per heavy atom. The molecule has 0 spiro atoms. The second-order valence-corrected chi connectivity index (χ2v) is 7.22. The highest BCUT2D eigenvalue weighted by Gasteiger charge is 2.15. The van der Waals surface area contributed by atoms with E-state index < -0.39 is 30.6 Å². The molecule has 1 unspecified atom stereocenters. The molecule has 0 aliphatic heterocycles. The first-order valence-corrected chi connectivity index (χ1v) is 11.0. The van der Waals surface area contributed by atoms with Gasteiger partial charge < -0.3 is 25.4 Å². The zero-order valence-corrected chi connectivity index (χ0v) is 19.0. The molecule has 1 amide bonds. The number of aliphatic hydroxyl groups is 2. The average Bonchev–Trinajstić information content (AvgIpc) is 2.75. The van der Waals surface area contributed by atoms with Crippen molar-refractivity contribution < 1.29 is 34.1 Å². The Morgan fingerprint density at radius 2 is 1.45 bits per heavy atom. The van der Waals surface area contributed by atoms with Crippen molar-refractivity contribution in [1.82, 2.24) is 0 Å². The van der Waals surface area contributed by atoms with E-state index in [2.05, 4.69) is 25.8 Å². The van der Waals surface area contributed by atoms with Gasteiger partial charge in [0.1, 0.15) is 12.7 Å². The van der Waals surface area contributed by atoms with E-state index >= 15 is 0 Å². The van der Waals surface area contributed by atoms with Crippen LogP contribution in [0.25, 0.3) is 0 Å². The molecule has 0 aromatic heterocycles. The van der Waals surface area contributed by atoms with E-state index in [1.807, 2.05) is 0 Å². The van der Waals surface area contributed by atoms with Crippen LogP contribution in [0.3, 0.4) is 0 Å². The summed E-state index contributed by atoms with van der Waals surface area (Å²) in [5.41, 5.74) is 4.56. The van der Waals surface area contributed by atoms with Gasteiger partial charge in [-0.15, -0.1) is 0 Å². The molecule has 31 heavy (non-hydrogen) atoms. The van der Waals surface area contributed by atoms with Crippen LogP contribution in [0.1, 0.15) is 77.6 Å². The molecule has 0 fully saturated rings. The summed E-state index contributed by atoms with van der Waals surface area (Å²) in [5.74, 6) is -1.76. The van der Waals surface area contributed by atoms with Crippen LogP contribution in [-0.4, -0.2) is 54.0 Å². The van der Waals surface area contributed by atoms with Crippen LogP contribution in [-0.2, 0) is 23.9 Å². The number of hydrogen-bond donors (Lipinski definition) is 3. The number of rotatable bonds is 18. The Balaban J connectivity index is 0. The highest BCUT2D eigenvalue weighted by atomic mass is 16.5. The van der Waals surface area contributed by atoms with Gasteiger partial charge in [0.05, 0.1) is 19.6 Å². The number of aliphatic hydroxyl groups excluding tert-OH is 2. The molecule has 0 saturated carbocycles. The molecule has 0 aliphatic rings. The van der Waals surface area contributed by atoms with Gasteiger partial charge in [0, 0.05) is 5.57 Å². The second-order valence-electron chi connectivity index (χ2n) is 7.22. The van der Waals surface area contributed by atoms with Crippen LogP contribution < -0.4 is 5.73 Å². The monoisotopic (exact) mass is 443 g/mol. The Bertz CT molecular complexity index is 520. The van der Waals surface area contributed by atoms with Gasteiger partial charge in [-0.05, 0) is 12.5 Å². The summed E-state index contributed by atoms with van der Waals surface area (Å²) < 4.78 is 9.80. The third-order valence-corrected chi connectivity index (χ3v) is 4.23. The van der Waals surface area contributed by atoms with Gasteiger partial charge in [-0.3, -0.25) is 9.59 Å². The van der Waals surface area contributed by atoms with Gasteiger partial charge >= 0.3 is 11.9 Å². The minimum atomic E-state index is -1.12. The van der Waals surface area contributed by atoms with Crippen molar-refractivity contribution in [2.75, 3.05) is 19.8 Å². The molecule has 0 aliphatic carbocycles. The van der Waals surface area contributed by atoms with Crippen molar-refractivity contribution in [3.63, 3.8) is 0 Å². The van der Waals surface area contributed by atoms with Gasteiger partial charge in [-0.1, -0.05) is 77.9 Å². The predicted octanol–water partition coefficient (Wildman–Crippen LogP) is 2.95. The molecule has 8 heteroatoms. The quantitative estimate of drug-likeness (QED) is 0.168. The minimum Gasteiger partial charge on any atom is -0.463 e. The SMILES string of the molecule is C=C(CC(=O)OCC(O)CO)C(=O)OCCCCCCCCCCCC.C=CC(N)=O. The molecule has 0 saturated heterocycles. The molecule has 0 rings (SSSR count). The van der Waals surface area contributed by atoms with Crippen molar-refractivity contribution >= 4 is 17.8 Å². The molecule has 0 aromatic rings. The fourth-order valence-corrected chi connectivity index (χ4v) is 2.40. The number of unbranched alkanes of at least 4 members (excludes halogenated alkanes) is 9. The van der Waals surface area contributed by atoms with Crippen molar-refractivity contribution in [3.8, 4) is 0 Å². The molecule has 0 bridgehead atoms. The highest BCUT2D eigenvalue weighted by molar-refractivity contribution is 5.93. The number of amides is 1. The van der Waals surface area contributed by atoms with Crippen LogP contribution in [0.15, 0.2) is 24.8 Å². The standard InChI is InChI=1S/C20H36O6.C3H5NO/c1-3-4-5-6-7-8-9-10-11-12-13-25-20(24)17(2)14-19(23)26-16-18(22)15-21;1-2-3(4)5/h18,21-22H,2-16H2,1H3;2H,1H2,(H2,4,5). The van der Waals surface area contributed by atoms with Crippen LogP contribution in [0, 0.1) is 0 Å². The summed E-state index contributed by atoms with van der Waals surface area (Å²) in [6, 6.07) is 0. The largest absolute Gasteiger partial charge is 0.463 e. The van der Waals surface area contributed by atoms with Gasteiger partial charge in [0.2, 0.25) is 5.91 Å². The lowest BCUT2D eigenvalue weighted by Crippen LogP contribution is -2.22. The zero-order valence-electron chi connectivity index (χ0n) is 19.0. The first kappa shape index (κ1) is 31.0. The summed E-state index contributed by atoms with van der Waals surface area (Å²) in [6.45, 7) is 8.36. The second kappa shape index (κ2) is 22.5. The number of carbonyl (C=O) groups is 3. The maximum Gasteiger partial charge on any atom is 0.333 e. The van der Waals surface area contributed by atoms with E-state index in [1.165, 1.54) is 44.9 Å². The highest BCUT2D eigenvalue weighted by Crippen LogP contribution is 2.11. The van der Waals surface area contributed by atoms with Crippen molar-refractivity contribution in [3.05, 3.63) is 24.8 Å². The average molecular weight is 444 g/mol. The maximum absolute atomic E-state index is 11.7. The van der Waals surface area contributed by atoms with Gasteiger partial charge in [-0.2, -0.15) is 0 Å². The van der Waals surface area contributed by atoms with E-state index in [0.29, 0.717) is 6.61 Å². The first-order valence-electron chi connectivity index (χ1n) is 11.0. The molecule has 0 aromatic carbocycles. The number of nitrogens with two attached hydrogens (primary N) is 1. The van der Waals surface area contributed by atoms with E-state index in [0.717, 1.165) is 25.3 Å². The lowest BCUT2D eigenvalue weighted by Gasteiger charge is -2.09. The molecule has 4 N–H and O–H groups in total. The van der Waals surface area contributed by atoms with E-state index in [4.69, 9.17) is 19.7 Å². The maximum atomic E-state index is 11.7. The van der Waals surface area contributed by atoms with Gasteiger partial charge in [-0.25, -0.2) is 4.79 Å². The molecule has 8 nitrogen and oxygen atoms in total. The first-order chi connectivity index (χ1) is 14.8. The smallest absolute Gasteiger partial charge is 0.333 e.